The summed E-state index contributed by atoms with van der Waals surface area (Å²) in [4.78, 5) is 36.7. The molecule has 2 rings (SSSR count). The summed E-state index contributed by atoms with van der Waals surface area (Å²) in [7, 11) is 0. The fourth-order valence-electron chi connectivity index (χ4n) is 2.07. The topological polar surface area (TPSA) is 63.7 Å². The first-order valence-electron chi connectivity index (χ1n) is 6.15. The second-order valence-electron chi connectivity index (χ2n) is 4.33. The Kier molecular flexibility index (Phi) is 3.94. The number of rotatable bonds is 4. The van der Waals surface area contributed by atoms with Crippen LogP contribution in [0.15, 0.2) is 30.3 Å². The monoisotopic (exact) mass is 261 g/mol. The van der Waals surface area contributed by atoms with Gasteiger partial charge < -0.3 is 9.64 Å². The number of likely N-dealkylation sites (tertiary alicyclic amines) is 1. The number of nitrogens with zero attached hydrogens (tertiary/aromatic N) is 1. The first-order chi connectivity index (χ1) is 9.13. The second kappa shape index (κ2) is 5.65. The molecule has 5 nitrogen and oxygen atoms in total. The van der Waals surface area contributed by atoms with Crippen molar-refractivity contribution in [2.45, 2.75) is 13.5 Å². The minimum atomic E-state index is -1.27. The third-order valence-electron chi connectivity index (χ3n) is 2.97. The molecule has 1 aliphatic heterocycles. The maximum atomic E-state index is 12.0. The van der Waals surface area contributed by atoms with Crippen LogP contribution in [0, 0.1) is 5.92 Å². The minimum Gasteiger partial charge on any atom is -0.465 e. The molecule has 0 aromatic heterocycles. The van der Waals surface area contributed by atoms with Gasteiger partial charge in [0.25, 0.3) is 0 Å². The van der Waals surface area contributed by atoms with E-state index in [0.717, 1.165) is 5.56 Å². The smallest absolute Gasteiger partial charge is 0.326 e. The van der Waals surface area contributed by atoms with Crippen LogP contribution in [-0.4, -0.2) is 35.7 Å². The summed E-state index contributed by atoms with van der Waals surface area (Å²) in [5.41, 5.74) is 0.924. The Morgan fingerprint density at radius 1 is 1.32 bits per heavy atom. The van der Waals surface area contributed by atoms with Crippen molar-refractivity contribution in [3.8, 4) is 0 Å². The van der Waals surface area contributed by atoms with Gasteiger partial charge in [0.1, 0.15) is 0 Å². The summed E-state index contributed by atoms with van der Waals surface area (Å²) >= 11 is 0. The van der Waals surface area contributed by atoms with Gasteiger partial charge in [0, 0.05) is 6.54 Å². The lowest BCUT2D eigenvalue weighted by Crippen LogP contribution is -2.31. The van der Waals surface area contributed by atoms with E-state index in [2.05, 4.69) is 0 Å². The molecule has 1 saturated heterocycles. The highest BCUT2D eigenvalue weighted by Gasteiger charge is 2.44. The number of ether oxygens (including phenoxy) is 1. The molecule has 1 heterocycles. The van der Waals surface area contributed by atoms with Crippen molar-refractivity contribution in [1.29, 1.82) is 0 Å². The number of hydrogen-bond donors (Lipinski definition) is 0. The van der Waals surface area contributed by atoms with Crippen molar-refractivity contribution in [3.05, 3.63) is 35.9 Å². The van der Waals surface area contributed by atoms with Crippen LogP contribution in [0.1, 0.15) is 12.5 Å². The zero-order valence-corrected chi connectivity index (χ0v) is 10.7. The van der Waals surface area contributed by atoms with Crippen LogP contribution in [-0.2, 0) is 25.7 Å². The maximum absolute atomic E-state index is 12.0. The van der Waals surface area contributed by atoms with E-state index in [-0.39, 0.29) is 18.9 Å². The molecule has 1 atom stereocenters. The van der Waals surface area contributed by atoms with Gasteiger partial charge in [0.15, 0.2) is 11.7 Å². The molecular weight excluding hydrogens is 246 g/mol. The molecule has 1 aromatic rings. The Balaban J connectivity index is 2.08. The van der Waals surface area contributed by atoms with Gasteiger partial charge in [0.2, 0.25) is 5.91 Å². The lowest BCUT2D eigenvalue weighted by Gasteiger charge is -2.15. The number of benzene rings is 1. The van der Waals surface area contributed by atoms with Gasteiger partial charge in [-0.1, -0.05) is 30.3 Å². The Bertz CT molecular complexity index is 497. The molecule has 0 radical (unpaired) electrons. The molecule has 0 spiro atoms. The van der Waals surface area contributed by atoms with Gasteiger partial charge in [-0.15, -0.1) is 0 Å². The SMILES string of the molecule is CCOC(=O)[C@@H]1C(=O)CN(Cc2ccccc2)C1=O. The number of carbonyl (C=O) groups is 3. The lowest BCUT2D eigenvalue weighted by molar-refractivity contribution is -0.154. The lowest BCUT2D eigenvalue weighted by atomic mass is 10.1. The average Bonchev–Trinajstić information content (AvgIpc) is 2.66. The van der Waals surface area contributed by atoms with Crippen molar-refractivity contribution in [3.63, 3.8) is 0 Å². The van der Waals surface area contributed by atoms with Crippen molar-refractivity contribution in [2.24, 2.45) is 5.92 Å². The van der Waals surface area contributed by atoms with E-state index in [1.54, 1.807) is 6.92 Å². The highest BCUT2D eigenvalue weighted by Crippen LogP contribution is 2.19. The highest BCUT2D eigenvalue weighted by molar-refractivity contribution is 6.21. The summed E-state index contributed by atoms with van der Waals surface area (Å²) in [6, 6.07) is 9.34. The molecular formula is C14H15NO4. The second-order valence-corrected chi connectivity index (χ2v) is 4.33. The summed E-state index contributed by atoms with van der Waals surface area (Å²) in [6.07, 6.45) is 0. The van der Waals surface area contributed by atoms with Gasteiger partial charge in [-0.3, -0.25) is 14.4 Å². The molecule has 0 aliphatic carbocycles. The third-order valence-corrected chi connectivity index (χ3v) is 2.97. The molecule has 0 saturated carbocycles. The fourth-order valence-corrected chi connectivity index (χ4v) is 2.07. The maximum Gasteiger partial charge on any atom is 0.326 e. The van der Waals surface area contributed by atoms with Crippen LogP contribution in [0.4, 0.5) is 0 Å². The minimum absolute atomic E-state index is 0.0305. The average molecular weight is 261 g/mol. The van der Waals surface area contributed by atoms with Crippen molar-refractivity contribution in [2.75, 3.05) is 13.2 Å². The van der Waals surface area contributed by atoms with Crippen LogP contribution in [0.3, 0.4) is 0 Å². The zero-order valence-electron chi connectivity index (χ0n) is 10.7. The van der Waals surface area contributed by atoms with Gasteiger partial charge in [-0.2, -0.15) is 0 Å². The summed E-state index contributed by atoms with van der Waals surface area (Å²) in [5.74, 6) is -2.87. The van der Waals surface area contributed by atoms with Gasteiger partial charge in [-0.05, 0) is 12.5 Å². The molecule has 19 heavy (non-hydrogen) atoms. The number of Topliss-reactive ketones (excluding diaryl/α,β-unsaturated/α-hetero) is 1. The fraction of sp³-hybridized carbons (Fsp3) is 0.357. The summed E-state index contributed by atoms with van der Waals surface area (Å²) < 4.78 is 4.76. The molecule has 1 fully saturated rings. The molecule has 100 valence electrons. The number of ketones is 1. The predicted molar refractivity (Wildman–Crippen MR) is 67.0 cm³/mol. The molecule has 1 aliphatic rings. The molecule has 0 bridgehead atoms. The first-order valence-corrected chi connectivity index (χ1v) is 6.15. The standard InChI is InChI=1S/C14H15NO4/c1-2-19-14(18)12-11(16)9-15(13(12)17)8-10-6-4-3-5-7-10/h3-7,12H,2,8-9H2,1H3/t12-/m1/s1. The van der Waals surface area contributed by atoms with E-state index in [1.165, 1.54) is 4.90 Å². The first kappa shape index (κ1) is 13.3. The van der Waals surface area contributed by atoms with E-state index in [9.17, 15) is 14.4 Å². The van der Waals surface area contributed by atoms with Crippen LogP contribution in [0.5, 0.6) is 0 Å². The van der Waals surface area contributed by atoms with Gasteiger partial charge in [0.05, 0.1) is 13.2 Å². The number of hydrogen-bond acceptors (Lipinski definition) is 4. The third kappa shape index (κ3) is 2.81. The molecule has 1 aromatic carbocycles. The highest BCUT2D eigenvalue weighted by atomic mass is 16.5. The number of carbonyl (C=O) groups excluding carboxylic acids is 3. The number of esters is 1. The Labute approximate surface area is 111 Å². The van der Waals surface area contributed by atoms with Crippen molar-refractivity contribution >= 4 is 17.7 Å². The number of amides is 1. The van der Waals surface area contributed by atoms with Crippen molar-refractivity contribution in [1.82, 2.24) is 4.90 Å². The van der Waals surface area contributed by atoms with Crippen LogP contribution >= 0.6 is 0 Å². The normalized spacial score (nSPS) is 18.8. The van der Waals surface area contributed by atoms with E-state index in [0.29, 0.717) is 6.54 Å². The van der Waals surface area contributed by atoms with E-state index in [4.69, 9.17) is 4.74 Å². The van der Waals surface area contributed by atoms with Crippen LogP contribution < -0.4 is 0 Å². The van der Waals surface area contributed by atoms with E-state index in [1.807, 2.05) is 30.3 Å². The summed E-state index contributed by atoms with van der Waals surface area (Å²) in [6.45, 7) is 2.11. The Morgan fingerprint density at radius 3 is 2.63 bits per heavy atom. The quantitative estimate of drug-likeness (QED) is 0.593. The largest absolute Gasteiger partial charge is 0.465 e. The molecule has 5 heteroatoms. The van der Waals surface area contributed by atoms with E-state index < -0.39 is 17.8 Å². The Morgan fingerprint density at radius 2 is 2.00 bits per heavy atom. The molecule has 0 unspecified atom stereocenters. The Hall–Kier alpha value is -2.17. The van der Waals surface area contributed by atoms with Crippen LogP contribution in [0.25, 0.3) is 0 Å². The van der Waals surface area contributed by atoms with Gasteiger partial charge in [-0.25, -0.2) is 0 Å². The predicted octanol–water partition coefficient (Wildman–Crippen LogP) is 0.777. The molecule has 1 amide bonds. The zero-order chi connectivity index (χ0) is 13.8. The van der Waals surface area contributed by atoms with Crippen molar-refractivity contribution < 1.29 is 19.1 Å². The summed E-state index contributed by atoms with van der Waals surface area (Å²) in [5, 5.41) is 0. The van der Waals surface area contributed by atoms with Crippen LogP contribution in [0.2, 0.25) is 0 Å². The van der Waals surface area contributed by atoms with Gasteiger partial charge >= 0.3 is 5.97 Å². The van der Waals surface area contributed by atoms with E-state index >= 15 is 0 Å². The molecule has 0 N–H and O–H groups in total.